The third kappa shape index (κ3) is 3.65. The number of carbonyl (C=O) groups excluding carboxylic acids is 1. The number of anilines is 1. The van der Waals surface area contributed by atoms with Crippen molar-refractivity contribution in [2.45, 2.75) is 20.4 Å². The van der Waals surface area contributed by atoms with Crippen molar-refractivity contribution in [2.75, 3.05) is 19.4 Å². The van der Waals surface area contributed by atoms with Gasteiger partial charge in [-0.25, -0.2) is 4.98 Å². The number of halogens is 1. The summed E-state index contributed by atoms with van der Waals surface area (Å²) >= 11 is 7.24. The van der Waals surface area contributed by atoms with Crippen molar-refractivity contribution in [3.8, 4) is 0 Å². The minimum atomic E-state index is -0.274. The van der Waals surface area contributed by atoms with Gasteiger partial charge in [0.05, 0.1) is 16.8 Å². The van der Waals surface area contributed by atoms with Crippen molar-refractivity contribution in [3.63, 3.8) is 0 Å². The molecule has 0 unspecified atom stereocenters. The summed E-state index contributed by atoms with van der Waals surface area (Å²) < 4.78 is 0. The first-order chi connectivity index (χ1) is 12.3. The quantitative estimate of drug-likeness (QED) is 0.713. The molecule has 0 aliphatic heterocycles. The Labute approximate surface area is 159 Å². The number of aryl methyl sites for hydroxylation is 2. The van der Waals surface area contributed by atoms with Crippen LogP contribution in [-0.2, 0) is 6.54 Å². The van der Waals surface area contributed by atoms with Crippen LogP contribution in [-0.4, -0.2) is 34.9 Å². The Morgan fingerprint density at radius 1 is 1.35 bits per heavy atom. The predicted molar refractivity (Wildman–Crippen MR) is 107 cm³/mol. The van der Waals surface area contributed by atoms with Gasteiger partial charge in [-0.2, -0.15) is 0 Å². The Morgan fingerprint density at radius 2 is 2.08 bits per heavy atom. The number of thiophene rings is 1. The van der Waals surface area contributed by atoms with Crippen LogP contribution in [0.4, 0.5) is 5.69 Å². The number of nitrogens with one attached hydrogen (secondary N) is 2. The van der Waals surface area contributed by atoms with E-state index in [-0.39, 0.29) is 11.5 Å². The first-order valence-electron chi connectivity index (χ1n) is 8.00. The van der Waals surface area contributed by atoms with Crippen LogP contribution in [0.3, 0.4) is 0 Å². The first kappa shape index (κ1) is 18.6. The maximum atomic E-state index is 12.8. The number of carbonyl (C=O) groups is 1. The van der Waals surface area contributed by atoms with Gasteiger partial charge in [-0.3, -0.25) is 9.59 Å². The molecule has 2 N–H and O–H groups in total. The molecule has 2 aromatic heterocycles. The number of H-pyrrole nitrogens is 1. The second kappa shape index (κ2) is 7.19. The summed E-state index contributed by atoms with van der Waals surface area (Å²) in [7, 11) is 3.80. The summed E-state index contributed by atoms with van der Waals surface area (Å²) in [6, 6.07) is 5.32. The third-order valence-corrected chi connectivity index (χ3v) is 5.39. The number of rotatable bonds is 4. The maximum absolute atomic E-state index is 12.8. The molecule has 0 aliphatic rings. The minimum Gasteiger partial charge on any atom is -0.321 e. The largest absolute Gasteiger partial charge is 0.321 e. The van der Waals surface area contributed by atoms with E-state index < -0.39 is 0 Å². The van der Waals surface area contributed by atoms with Crippen LogP contribution in [0, 0.1) is 13.8 Å². The molecule has 0 aliphatic carbocycles. The molecule has 6 nitrogen and oxygen atoms in total. The fourth-order valence-electron chi connectivity index (χ4n) is 2.69. The Morgan fingerprint density at radius 3 is 2.77 bits per heavy atom. The van der Waals surface area contributed by atoms with Gasteiger partial charge < -0.3 is 15.2 Å². The molecule has 0 spiro atoms. The molecule has 0 saturated heterocycles. The van der Waals surface area contributed by atoms with Crippen molar-refractivity contribution < 1.29 is 4.79 Å². The smallest absolute Gasteiger partial charge is 0.266 e. The van der Waals surface area contributed by atoms with E-state index in [9.17, 15) is 9.59 Å². The number of fused-ring (bicyclic) bond motifs is 1. The lowest BCUT2D eigenvalue weighted by Crippen LogP contribution is -2.18. The number of aromatic amines is 1. The molecule has 1 amide bonds. The number of amides is 1. The standard InChI is InChI=1S/C18H19ClN4O2S/c1-9-5-6-11(19)7-12(9)20-17(25)15-10(2)14-16(24)21-13(8-23(3)4)22-18(14)26-15/h5-7H,8H2,1-4H3,(H,20,25)(H,21,22,24). The molecule has 3 aromatic rings. The molecule has 2 heterocycles. The van der Waals surface area contributed by atoms with Gasteiger partial charge in [0, 0.05) is 10.7 Å². The molecule has 0 radical (unpaired) electrons. The van der Waals surface area contributed by atoms with Crippen LogP contribution in [0.15, 0.2) is 23.0 Å². The van der Waals surface area contributed by atoms with Crippen LogP contribution in [0.5, 0.6) is 0 Å². The Bertz CT molecular complexity index is 1060. The number of hydrogen-bond donors (Lipinski definition) is 2. The Balaban J connectivity index is 2.01. The maximum Gasteiger partial charge on any atom is 0.266 e. The molecule has 0 bridgehead atoms. The van der Waals surface area contributed by atoms with Gasteiger partial charge >= 0.3 is 0 Å². The van der Waals surface area contributed by atoms with Gasteiger partial charge in [-0.05, 0) is 51.2 Å². The first-order valence-corrected chi connectivity index (χ1v) is 9.20. The average molecular weight is 391 g/mol. The minimum absolute atomic E-state index is 0.224. The van der Waals surface area contributed by atoms with E-state index in [4.69, 9.17) is 11.6 Å². The number of aromatic nitrogens is 2. The van der Waals surface area contributed by atoms with E-state index >= 15 is 0 Å². The normalized spacial score (nSPS) is 11.3. The van der Waals surface area contributed by atoms with Crippen LogP contribution >= 0.6 is 22.9 Å². The summed E-state index contributed by atoms with van der Waals surface area (Å²) in [4.78, 5) is 35.4. The average Bonchev–Trinajstić information content (AvgIpc) is 2.87. The highest BCUT2D eigenvalue weighted by Gasteiger charge is 2.20. The topological polar surface area (TPSA) is 78.1 Å². The summed E-state index contributed by atoms with van der Waals surface area (Å²) in [5.74, 6) is 0.302. The third-order valence-electron chi connectivity index (χ3n) is 3.97. The van der Waals surface area contributed by atoms with E-state index in [1.54, 1.807) is 19.1 Å². The van der Waals surface area contributed by atoms with Crippen molar-refractivity contribution in [1.29, 1.82) is 0 Å². The second-order valence-electron chi connectivity index (χ2n) is 6.40. The fraction of sp³-hybridized carbons (Fsp3) is 0.278. The van der Waals surface area contributed by atoms with E-state index in [0.717, 1.165) is 5.56 Å². The molecule has 0 fully saturated rings. The zero-order valence-electron chi connectivity index (χ0n) is 14.9. The molecule has 0 saturated carbocycles. The highest BCUT2D eigenvalue weighted by Crippen LogP contribution is 2.29. The molecular weight excluding hydrogens is 372 g/mol. The van der Waals surface area contributed by atoms with Crippen molar-refractivity contribution in [3.05, 3.63) is 55.4 Å². The molecule has 8 heteroatoms. The van der Waals surface area contributed by atoms with Crippen LogP contribution < -0.4 is 10.9 Å². The lowest BCUT2D eigenvalue weighted by Gasteiger charge is -2.08. The van der Waals surface area contributed by atoms with Crippen molar-refractivity contribution in [2.24, 2.45) is 0 Å². The van der Waals surface area contributed by atoms with E-state index in [1.165, 1.54) is 11.3 Å². The van der Waals surface area contributed by atoms with E-state index in [1.807, 2.05) is 32.0 Å². The molecular formula is C18H19ClN4O2S. The molecule has 0 atom stereocenters. The number of hydrogen-bond acceptors (Lipinski definition) is 5. The Kier molecular flexibility index (Phi) is 5.13. The fourth-order valence-corrected chi connectivity index (χ4v) is 3.96. The van der Waals surface area contributed by atoms with Gasteiger partial charge in [-0.1, -0.05) is 17.7 Å². The second-order valence-corrected chi connectivity index (χ2v) is 7.84. The summed E-state index contributed by atoms with van der Waals surface area (Å²) in [6.07, 6.45) is 0. The zero-order valence-corrected chi connectivity index (χ0v) is 16.5. The molecule has 3 rings (SSSR count). The van der Waals surface area contributed by atoms with E-state index in [0.29, 0.717) is 43.7 Å². The number of nitrogens with zero attached hydrogens (tertiary/aromatic N) is 2. The van der Waals surface area contributed by atoms with E-state index in [2.05, 4.69) is 15.3 Å². The highest BCUT2D eigenvalue weighted by molar-refractivity contribution is 7.20. The SMILES string of the molecule is Cc1ccc(Cl)cc1NC(=O)c1sc2nc(CN(C)C)[nH]c(=O)c2c1C. The van der Waals surface area contributed by atoms with Gasteiger partial charge in [0.2, 0.25) is 0 Å². The molecule has 1 aromatic carbocycles. The highest BCUT2D eigenvalue weighted by atomic mass is 35.5. The summed E-state index contributed by atoms with van der Waals surface area (Å²) in [5.41, 5.74) is 1.96. The molecule has 136 valence electrons. The van der Waals surface area contributed by atoms with Crippen molar-refractivity contribution >= 4 is 44.7 Å². The van der Waals surface area contributed by atoms with Crippen molar-refractivity contribution in [1.82, 2.24) is 14.9 Å². The summed E-state index contributed by atoms with van der Waals surface area (Å²) in [5, 5.41) is 3.88. The lowest BCUT2D eigenvalue weighted by atomic mass is 10.2. The molecule has 26 heavy (non-hydrogen) atoms. The number of benzene rings is 1. The van der Waals surface area contributed by atoms with Gasteiger partial charge in [0.25, 0.3) is 11.5 Å². The Hall–Kier alpha value is -2.22. The van der Waals surface area contributed by atoms with Gasteiger partial charge in [-0.15, -0.1) is 11.3 Å². The summed E-state index contributed by atoms with van der Waals surface area (Å²) in [6.45, 7) is 4.18. The predicted octanol–water partition coefficient (Wildman–Crippen LogP) is 3.57. The monoisotopic (exact) mass is 390 g/mol. The van der Waals surface area contributed by atoms with Gasteiger partial charge in [0.1, 0.15) is 10.7 Å². The zero-order chi connectivity index (χ0) is 19.0. The van der Waals surface area contributed by atoms with Crippen LogP contribution in [0.1, 0.15) is 26.6 Å². The van der Waals surface area contributed by atoms with Crippen LogP contribution in [0.25, 0.3) is 10.2 Å². The lowest BCUT2D eigenvalue weighted by molar-refractivity contribution is 0.103. The van der Waals surface area contributed by atoms with Gasteiger partial charge in [0.15, 0.2) is 0 Å². The van der Waals surface area contributed by atoms with Crippen LogP contribution in [0.2, 0.25) is 5.02 Å².